The molecular weight excluding hydrogens is 180 g/mol. The summed E-state index contributed by atoms with van der Waals surface area (Å²) in [6.45, 7) is 0. The van der Waals surface area contributed by atoms with E-state index >= 15 is 0 Å². The van der Waals surface area contributed by atoms with Crippen LogP contribution in [0.5, 0.6) is 0 Å². The van der Waals surface area contributed by atoms with Gasteiger partial charge in [-0.15, -0.1) is 0 Å². The maximum atomic E-state index is 11.3. The van der Waals surface area contributed by atoms with Crippen LogP contribution in [0.3, 0.4) is 0 Å². The van der Waals surface area contributed by atoms with Crippen molar-refractivity contribution >= 4 is 17.5 Å². The average Bonchev–Trinajstić information content (AvgIpc) is 2.93. The van der Waals surface area contributed by atoms with Crippen molar-refractivity contribution in [3.63, 3.8) is 0 Å². The van der Waals surface area contributed by atoms with Crippen LogP contribution in [0.1, 0.15) is 12.8 Å². The number of pyridine rings is 1. The van der Waals surface area contributed by atoms with Crippen LogP contribution in [0.15, 0.2) is 18.3 Å². The summed E-state index contributed by atoms with van der Waals surface area (Å²) in [5.41, 5.74) is 6.06. The van der Waals surface area contributed by atoms with Gasteiger partial charge in [-0.05, 0) is 25.0 Å². The third-order valence-electron chi connectivity index (χ3n) is 1.96. The Morgan fingerprint density at radius 3 is 2.86 bits per heavy atom. The van der Waals surface area contributed by atoms with Gasteiger partial charge in [-0.25, -0.2) is 9.78 Å². The van der Waals surface area contributed by atoms with Gasteiger partial charge in [0.15, 0.2) is 0 Å². The van der Waals surface area contributed by atoms with Gasteiger partial charge in [0.05, 0.1) is 11.9 Å². The molecule has 1 aromatic heterocycles. The lowest BCUT2D eigenvalue weighted by atomic mass is 10.4. The molecule has 0 aromatic carbocycles. The number of nitrogen functional groups attached to an aromatic ring is 1. The van der Waals surface area contributed by atoms with Gasteiger partial charge in [0, 0.05) is 6.04 Å². The van der Waals surface area contributed by atoms with E-state index in [1.54, 1.807) is 12.1 Å². The molecule has 0 bridgehead atoms. The predicted molar refractivity (Wildman–Crippen MR) is 53.8 cm³/mol. The number of amides is 2. The maximum Gasteiger partial charge on any atom is 0.319 e. The number of hydrogen-bond acceptors (Lipinski definition) is 3. The Morgan fingerprint density at radius 1 is 1.50 bits per heavy atom. The van der Waals surface area contributed by atoms with Gasteiger partial charge in [-0.3, -0.25) is 0 Å². The molecule has 0 unspecified atom stereocenters. The third kappa shape index (κ3) is 2.35. The van der Waals surface area contributed by atoms with Crippen molar-refractivity contribution in [2.24, 2.45) is 0 Å². The molecule has 0 spiro atoms. The van der Waals surface area contributed by atoms with Crippen LogP contribution < -0.4 is 16.4 Å². The summed E-state index contributed by atoms with van der Waals surface area (Å²) in [5, 5.41) is 5.48. The van der Waals surface area contributed by atoms with Crippen molar-refractivity contribution in [1.29, 1.82) is 0 Å². The normalized spacial score (nSPS) is 14.9. The zero-order valence-corrected chi connectivity index (χ0v) is 7.66. The lowest BCUT2D eigenvalue weighted by Crippen LogP contribution is -2.30. The van der Waals surface area contributed by atoms with Crippen molar-refractivity contribution in [2.75, 3.05) is 11.1 Å². The van der Waals surface area contributed by atoms with Crippen LogP contribution in [0.4, 0.5) is 16.3 Å². The summed E-state index contributed by atoms with van der Waals surface area (Å²) in [4.78, 5) is 15.1. The van der Waals surface area contributed by atoms with Gasteiger partial charge in [-0.1, -0.05) is 0 Å². The minimum Gasteiger partial charge on any atom is -0.384 e. The molecule has 1 fully saturated rings. The molecule has 74 valence electrons. The first-order valence-electron chi connectivity index (χ1n) is 4.53. The quantitative estimate of drug-likeness (QED) is 0.652. The molecule has 1 heterocycles. The molecule has 0 atom stereocenters. The molecule has 0 radical (unpaired) electrons. The highest BCUT2D eigenvalue weighted by molar-refractivity contribution is 5.89. The number of urea groups is 1. The largest absolute Gasteiger partial charge is 0.384 e. The van der Waals surface area contributed by atoms with Crippen LogP contribution in [-0.2, 0) is 0 Å². The second-order valence-corrected chi connectivity index (χ2v) is 3.34. The molecule has 1 aliphatic rings. The number of nitrogens with two attached hydrogens (primary N) is 1. The number of anilines is 2. The van der Waals surface area contributed by atoms with E-state index in [9.17, 15) is 4.79 Å². The SMILES string of the molecule is Nc1ccc(NC(=O)NC2CC2)cn1. The second kappa shape index (κ2) is 3.53. The lowest BCUT2D eigenvalue weighted by molar-refractivity contribution is 0.251. The molecule has 1 saturated carbocycles. The summed E-state index contributed by atoms with van der Waals surface area (Å²) in [6.07, 6.45) is 3.68. The van der Waals surface area contributed by atoms with E-state index in [4.69, 9.17) is 5.73 Å². The Morgan fingerprint density at radius 2 is 2.29 bits per heavy atom. The topological polar surface area (TPSA) is 80.0 Å². The minimum atomic E-state index is -0.181. The van der Waals surface area contributed by atoms with Gasteiger partial charge >= 0.3 is 6.03 Å². The highest BCUT2D eigenvalue weighted by Crippen LogP contribution is 2.18. The summed E-state index contributed by atoms with van der Waals surface area (Å²) in [6, 6.07) is 3.54. The Labute approximate surface area is 81.7 Å². The van der Waals surface area contributed by atoms with E-state index in [0.29, 0.717) is 17.5 Å². The highest BCUT2D eigenvalue weighted by Gasteiger charge is 2.23. The number of hydrogen-bond donors (Lipinski definition) is 3. The van der Waals surface area contributed by atoms with Gasteiger partial charge < -0.3 is 16.4 Å². The first kappa shape index (κ1) is 8.80. The van der Waals surface area contributed by atoms with E-state index in [0.717, 1.165) is 12.8 Å². The molecule has 2 amide bonds. The van der Waals surface area contributed by atoms with Crippen molar-refractivity contribution in [3.8, 4) is 0 Å². The first-order chi connectivity index (χ1) is 6.74. The van der Waals surface area contributed by atoms with Gasteiger partial charge in [0.2, 0.25) is 0 Å². The number of nitrogens with zero attached hydrogens (tertiary/aromatic N) is 1. The smallest absolute Gasteiger partial charge is 0.319 e. The Kier molecular flexibility index (Phi) is 2.22. The fourth-order valence-corrected chi connectivity index (χ4v) is 1.06. The van der Waals surface area contributed by atoms with Gasteiger partial charge in [0.25, 0.3) is 0 Å². The van der Waals surface area contributed by atoms with E-state index in [1.807, 2.05) is 0 Å². The lowest BCUT2D eigenvalue weighted by Gasteiger charge is -2.05. The third-order valence-corrected chi connectivity index (χ3v) is 1.96. The molecule has 1 aliphatic carbocycles. The zero-order chi connectivity index (χ0) is 9.97. The molecule has 1 aromatic rings. The number of carbonyl (C=O) groups is 1. The van der Waals surface area contributed by atoms with Gasteiger partial charge in [-0.2, -0.15) is 0 Å². The van der Waals surface area contributed by atoms with Crippen molar-refractivity contribution in [1.82, 2.24) is 10.3 Å². The van der Waals surface area contributed by atoms with Gasteiger partial charge in [0.1, 0.15) is 5.82 Å². The van der Waals surface area contributed by atoms with Crippen LogP contribution in [0.2, 0.25) is 0 Å². The molecule has 0 saturated heterocycles. The molecule has 2 rings (SSSR count). The standard InChI is InChI=1S/C9H12N4O/c10-8-4-3-7(5-11-8)13-9(14)12-6-1-2-6/h3-6H,1-2H2,(H2,10,11)(H2,12,13,14). The molecule has 5 nitrogen and oxygen atoms in total. The number of nitrogens with one attached hydrogen (secondary N) is 2. The Bertz CT molecular complexity index is 331. The van der Waals surface area contributed by atoms with Crippen LogP contribution in [0.25, 0.3) is 0 Å². The summed E-state index contributed by atoms with van der Waals surface area (Å²) in [5.74, 6) is 0.443. The van der Waals surface area contributed by atoms with Crippen molar-refractivity contribution < 1.29 is 4.79 Å². The van der Waals surface area contributed by atoms with Crippen LogP contribution in [-0.4, -0.2) is 17.1 Å². The minimum absolute atomic E-state index is 0.181. The van der Waals surface area contributed by atoms with Crippen LogP contribution in [0, 0.1) is 0 Å². The molecule has 5 heteroatoms. The number of rotatable bonds is 2. The van der Waals surface area contributed by atoms with E-state index in [1.165, 1.54) is 6.20 Å². The maximum absolute atomic E-state index is 11.3. The monoisotopic (exact) mass is 192 g/mol. The first-order valence-corrected chi connectivity index (χ1v) is 4.53. The predicted octanol–water partition coefficient (Wildman–Crippen LogP) is 0.948. The second-order valence-electron chi connectivity index (χ2n) is 3.34. The summed E-state index contributed by atoms with van der Waals surface area (Å²) in [7, 11) is 0. The molecular formula is C9H12N4O. The Balaban J connectivity index is 1.89. The van der Waals surface area contributed by atoms with Crippen molar-refractivity contribution in [2.45, 2.75) is 18.9 Å². The molecule has 14 heavy (non-hydrogen) atoms. The van der Waals surface area contributed by atoms with E-state index < -0.39 is 0 Å². The fourth-order valence-electron chi connectivity index (χ4n) is 1.06. The van der Waals surface area contributed by atoms with E-state index in [2.05, 4.69) is 15.6 Å². The zero-order valence-electron chi connectivity index (χ0n) is 7.66. The molecule has 4 N–H and O–H groups in total. The number of carbonyl (C=O) groups excluding carboxylic acids is 1. The van der Waals surface area contributed by atoms with Crippen LogP contribution >= 0.6 is 0 Å². The summed E-state index contributed by atoms with van der Waals surface area (Å²) < 4.78 is 0. The summed E-state index contributed by atoms with van der Waals surface area (Å²) >= 11 is 0. The Hall–Kier alpha value is -1.78. The average molecular weight is 192 g/mol. The fraction of sp³-hybridized carbons (Fsp3) is 0.333. The number of aromatic nitrogens is 1. The van der Waals surface area contributed by atoms with E-state index in [-0.39, 0.29) is 6.03 Å². The van der Waals surface area contributed by atoms with Crippen molar-refractivity contribution in [3.05, 3.63) is 18.3 Å². The highest BCUT2D eigenvalue weighted by atomic mass is 16.2. The molecule has 0 aliphatic heterocycles.